The van der Waals surface area contributed by atoms with Crippen LogP contribution in [0.5, 0.6) is 0 Å². The molecule has 3 rings (SSSR count). The van der Waals surface area contributed by atoms with Crippen molar-refractivity contribution in [1.82, 2.24) is 15.8 Å². The normalized spacial score (nSPS) is 10.5. The van der Waals surface area contributed by atoms with Gasteiger partial charge in [0.2, 0.25) is 0 Å². The van der Waals surface area contributed by atoms with Crippen LogP contribution < -0.4 is 10.8 Å². The van der Waals surface area contributed by atoms with E-state index in [0.29, 0.717) is 5.70 Å². The van der Waals surface area contributed by atoms with E-state index in [2.05, 4.69) is 40.6 Å². The lowest BCUT2D eigenvalue weighted by molar-refractivity contribution is 0.225. The maximum atomic E-state index is 8.90. The zero-order valence-corrected chi connectivity index (χ0v) is 14.0. The van der Waals surface area contributed by atoms with Crippen LogP contribution >= 0.6 is 11.3 Å². The van der Waals surface area contributed by atoms with Gasteiger partial charge >= 0.3 is 0 Å². The molecule has 0 aliphatic carbocycles. The van der Waals surface area contributed by atoms with Crippen LogP contribution in [0.3, 0.4) is 0 Å². The average molecular weight is 337 g/mol. The predicted molar refractivity (Wildman–Crippen MR) is 98.5 cm³/mol. The molecule has 0 aliphatic heterocycles. The zero-order valence-electron chi connectivity index (χ0n) is 13.2. The topological polar surface area (TPSA) is 57.2 Å². The number of pyridine rings is 1. The lowest BCUT2D eigenvalue weighted by atomic mass is 10.2. The van der Waals surface area contributed by atoms with E-state index in [1.54, 1.807) is 0 Å². The molecule has 0 atom stereocenters. The van der Waals surface area contributed by atoms with E-state index < -0.39 is 0 Å². The van der Waals surface area contributed by atoms with Gasteiger partial charge in [-0.25, -0.2) is 0 Å². The number of thiophene rings is 1. The summed E-state index contributed by atoms with van der Waals surface area (Å²) in [4.78, 5) is 6.47. The lowest BCUT2D eigenvalue weighted by Gasteiger charge is -2.05. The minimum atomic E-state index is 0.494. The Morgan fingerprint density at radius 1 is 1.00 bits per heavy atom. The number of aromatic nitrogens is 1. The van der Waals surface area contributed by atoms with Gasteiger partial charge in [0, 0.05) is 19.3 Å². The molecule has 3 aromatic rings. The van der Waals surface area contributed by atoms with Gasteiger partial charge in [0.1, 0.15) is 0 Å². The molecule has 0 spiro atoms. The standard InChI is InChI=1S/C19H19N3OS/c1-14(22-23)18-9-10-19(24-18)17-8-7-16(13-21-17)12-20-11-15-5-3-2-4-6-15/h2-10,13,20,22-23H,1,11-12H2. The summed E-state index contributed by atoms with van der Waals surface area (Å²) >= 11 is 1.54. The van der Waals surface area contributed by atoms with Crippen LogP contribution in [-0.2, 0) is 13.1 Å². The summed E-state index contributed by atoms with van der Waals surface area (Å²) in [5.74, 6) is 0. The number of rotatable bonds is 7. The summed E-state index contributed by atoms with van der Waals surface area (Å²) in [5.41, 5.74) is 5.91. The highest BCUT2D eigenvalue weighted by molar-refractivity contribution is 7.16. The van der Waals surface area contributed by atoms with E-state index in [-0.39, 0.29) is 0 Å². The first-order chi connectivity index (χ1) is 11.8. The van der Waals surface area contributed by atoms with Crippen LogP contribution in [-0.4, -0.2) is 10.2 Å². The smallest absolute Gasteiger partial charge is 0.0802 e. The van der Waals surface area contributed by atoms with Crippen molar-refractivity contribution in [2.45, 2.75) is 13.1 Å². The van der Waals surface area contributed by atoms with Crippen LogP contribution in [0, 0.1) is 0 Å². The molecule has 4 nitrogen and oxygen atoms in total. The Bertz CT molecular complexity index is 797. The fraction of sp³-hybridized carbons (Fsp3) is 0.105. The third kappa shape index (κ3) is 4.08. The minimum Gasteiger partial charge on any atom is -0.309 e. The second-order valence-electron chi connectivity index (χ2n) is 5.40. The Morgan fingerprint density at radius 3 is 2.50 bits per heavy atom. The highest BCUT2D eigenvalue weighted by atomic mass is 32.1. The molecule has 2 aromatic heterocycles. The van der Waals surface area contributed by atoms with Gasteiger partial charge < -0.3 is 5.32 Å². The molecule has 0 saturated heterocycles. The van der Waals surface area contributed by atoms with Crippen molar-refractivity contribution < 1.29 is 5.21 Å². The van der Waals surface area contributed by atoms with Gasteiger partial charge in [0.05, 0.1) is 21.1 Å². The maximum absolute atomic E-state index is 8.90. The van der Waals surface area contributed by atoms with Crippen LogP contribution in [0.1, 0.15) is 16.0 Å². The lowest BCUT2D eigenvalue weighted by Crippen LogP contribution is -2.12. The van der Waals surface area contributed by atoms with Crippen LogP contribution in [0.2, 0.25) is 0 Å². The van der Waals surface area contributed by atoms with E-state index in [1.165, 1.54) is 16.9 Å². The molecule has 122 valence electrons. The van der Waals surface area contributed by atoms with E-state index >= 15 is 0 Å². The highest BCUT2D eigenvalue weighted by Crippen LogP contribution is 2.29. The van der Waals surface area contributed by atoms with Crippen LogP contribution in [0.25, 0.3) is 16.3 Å². The van der Waals surface area contributed by atoms with Gasteiger partial charge in [-0.05, 0) is 29.3 Å². The van der Waals surface area contributed by atoms with Crippen LogP contribution in [0.4, 0.5) is 0 Å². The monoisotopic (exact) mass is 337 g/mol. The largest absolute Gasteiger partial charge is 0.309 e. The van der Waals surface area contributed by atoms with Crippen molar-refractivity contribution in [3.63, 3.8) is 0 Å². The molecule has 0 bridgehead atoms. The van der Waals surface area contributed by atoms with Gasteiger partial charge in [-0.3, -0.25) is 15.7 Å². The summed E-state index contributed by atoms with van der Waals surface area (Å²) in [6.45, 7) is 5.37. The zero-order chi connectivity index (χ0) is 16.8. The Hall–Kier alpha value is -2.47. The molecule has 24 heavy (non-hydrogen) atoms. The Morgan fingerprint density at radius 2 is 1.79 bits per heavy atom. The fourth-order valence-corrected chi connectivity index (χ4v) is 3.22. The van der Waals surface area contributed by atoms with Gasteiger partial charge in [0.25, 0.3) is 0 Å². The number of hydrogen-bond donors (Lipinski definition) is 3. The number of nitrogens with zero attached hydrogens (tertiary/aromatic N) is 1. The van der Waals surface area contributed by atoms with Crippen molar-refractivity contribution in [2.75, 3.05) is 0 Å². The first-order valence-corrected chi connectivity index (χ1v) is 8.47. The van der Waals surface area contributed by atoms with Crippen molar-refractivity contribution in [2.24, 2.45) is 0 Å². The SMILES string of the molecule is C=C(NO)c1ccc(-c2ccc(CNCc3ccccc3)cn2)s1. The van der Waals surface area contributed by atoms with Gasteiger partial charge in [-0.1, -0.05) is 43.0 Å². The number of hydrogen-bond acceptors (Lipinski definition) is 5. The molecule has 0 radical (unpaired) electrons. The maximum Gasteiger partial charge on any atom is 0.0802 e. The summed E-state index contributed by atoms with van der Waals surface area (Å²) < 4.78 is 0. The fourth-order valence-electron chi connectivity index (χ4n) is 2.31. The molecule has 5 heteroatoms. The average Bonchev–Trinajstić information content (AvgIpc) is 3.13. The molecule has 0 fully saturated rings. The Balaban J connectivity index is 1.59. The summed E-state index contributed by atoms with van der Waals surface area (Å²) in [7, 11) is 0. The third-order valence-electron chi connectivity index (χ3n) is 3.62. The van der Waals surface area contributed by atoms with E-state index in [4.69, 9.17) is 5.21 Å². The molecule has 0 amide bonds. The molecule has 2 heterocycles. The van der Waals surface area contributed by atoms with Crippen molar-refractivity contribution in [3.8, 4) is 10.6 Å². The molecule has 0 unspecified atom stereocenters. The molecule has 0 aliphatic rings. The Kier molecular flexibility index (Phi) is 5.38. The second-order valence-corrected chi connectivity index (χ2v) is 6.48. The quantitative estimate of drug-likeness (QED) is 0.569. The van der Waals surface area contributed by atoms with Gasteiger partial charge in [0.15, 0.2) is 0 Å². The highest BCUT2D eigenvalue weighted by Gasteiger charge is 2.06. The predicted octanol–water partition coefficient (Wildman–Crippen LogP) is 4.05. The first-order valence-electron chi connectivity index (χ1n) is 7.65. The summed E-state index contributed by atoms with van der Waals surface area (Å²) in [6, 6.07) is 18.3. The summed E-state index contributed by atoms with van der Waals surface area (Å²) in [5, 5.41) is 12.3. The third-order valence-corrected chi connectivity index (χ3v) is 4.78. The number of nitrogens with one attached hydrogen (secondary N) is 2. The van der Waals surface area contributed by atoms with E-state index in [9.17, 15) is 0 Å². The summed E-state index contributed by atoms with van der Waals surface area (Å²) in [6.07, 6.45) is 1.89. The first kappa shape index (κ1) is 16.4. The number of benzene rings is 1. The van der Waals surface area contributed by atoms with Crippen molar-refractivity contribution in [3.05, 3.63) is 83.4 Å². The second kappa shape index (κ2) is 7.88. The molecule has 1 aromatic carbocycles. The van der Waals surface area contributed by atoms with Gasteiger partial charge in [-0.15, -0.1) is 11.3 Å². The molecular weight excluding hydrogens is 318 g/mol. The van der Waals surface area contributed by atoms with E-state index in [1.807, 2.05) is 42.6 Å². The number of hydroxylamine groups is 1. The molecule has 3 N–H and O–H groups in total. The van der Waals surface area contributed by atoms with Crippen molar-refractivity contribution in [1.29, 1.82) is 0 Å². The molecule has 0 saturated carbocycles. The Labute approximate surface area is 145 Å². The van der Waals surface area contributed by atoms with Gasteiger partial charge in [-0.2, -0.15) is 0 Å². The minimum absolute atomic E-state index is 0.494. The van der Waals surface area contributed by atoms with Crippen molar-refractivity contribution >= 4 is 17.0 Å². The van der Waals surface area contributed by atoms with Crippen LogP contribution in [0.15, 0.2) is 67.4 Å². The molecular formula is C19H19N3OS. The van der Waals surface area contributed by atoms with E-state index in [0.717, 1.165) is 34.1 Å².